The minimum absolute atomic E-state index is 0.0109. The number of fused-ring (bicyclic) bond motifs is 2. The predicted octanol–water partition coefficient (Wildman–Crippen LogP) is 4.00. The minimum atomic E-state index is -3.94. The molecule has 7 nitrogen and oxygen atoms in total. The van der Waals surface area contributed by atoms with Gasteiger partial charge in [-0.05, 0) is 54.1 Å². The molecule has 1 aliphatic heterocycles. The van der Waals surface area contributed by atoms with Crippen molar-refractivity contribution < 1.29 is 17.9 Å². The quantitative estimate of drug-likeness (QED) is 0.480. The molecule has 1 aliphatic rings. The molecule has 0 aliphatic carbocycles. The molecule has 0 radical (unpaired) electrons. The summed E-state index contributed by atoms with van der Waals surface area (Å²) in [7, 11) is -2.36. The highest BCUT2D eigenvalue weighted by Gasteiger charge is 2.39. The first-order chi connectivity index (χ1) is 15.5. The summed E-state index contributed by atoms with van der Waals surface area (Å²) in [6.07, 6.45) is 6.56. The van der Waals surface area contributed by atoms with E-state index in [1.807, 2.05) is 18.2 Å². The van der Waals surface area contributed by atoms with E-state index < -0.39 is 10.0 Å². The fourth-order valence-corrected chi connectivity index (χ4v) is 5.50. The van der Waals surface area contributed by atoms with Gasteiger partial charge in [0.2, 0.25) is 5.78 Å². The number of allylic oxidation sites excluding steroid dienone is 1. The van der Waals surface area contributed by atoms with Gasteiger partial charge in [0.05, 0.1) is 18.6 Å². The van der Waals surface area contributed by atoms with Gasteiger partial charge in [0.15, 0.2) is 0 Å². The molecular weight excluding hydrogens is 426 g/mol. The van der Waals surface area contributed by atoms with Gasteiger partial charge < -0.3 is 9.72 Å². The van der Waals surface area contributed by atoms with Crippen LogP contribution < -0.4 is 4.74 Å². The normalized spacial score (nSPS) is 16.3. The fraction of sp³-hybridized carbons (Fsp3) is 0.0833. The molecule has 0 saturated heterocycles. The zero-order valence-electron chi connectivity index (χ0n) is 17.1. The van der Waals surface area contributed by atoms with Gasteiger partial charge in [-0.3, -0.25) is 14.1 Å². The molecule has 160 valence electrons. The third-order valence-electron chi connectivity index (χ3n) is 5.49. The number of H-pyrrole nitrogens is 1. The third-order valence-corrected chi connectivity index (χ3v) is 7.31. The summed E-state index contributed by atoms with van der Waals surface area (Å²) in [5.74, 6) is 0.319. The van der Waals surface area contributed by atoms with E-state index in [2.05, 4.69) is 9.97 Å². The Morgan fingerprint density at radius 2 is 1.88 bits per heavy atom. The fourth-order valence-electron chi connectivity index (χ4n) is 3.86. The highest BCUT2D eigenvalue weighted by atomic mass is 32.2. The maximum absolute atomic E-state index is 13.5. The number of rotatable bonds is 4. The first kappa shape index (κ1) is 20.0. The number of hydrogen-bond acceptors (Lipinski definition) is 5. The topological polar surface area (TPSA) is 92.4 Å². The summed E-state index contributed by atoms with van der Waals surface area (Å²) in [6, 6.07) is 15.3. The van der Waals surface area contributed by atoms with Crippen LogP contribution in [0.5, 0.6) is 5.75 Å². The first-order valence-electron chi connectivity index (χ1n) is 9.91. The number of aromatic amines is 1. The predicted molar refractivity (Wildman–Crippen MR) is 121 cm³/mol. The molecule has 2 aromatic carbocycles. The summed E-state index contributed by atoms with van der Waals surface area (Å²) < 4.78 is 33.6. The van der Waals surface area contributed by atoms with Crippen molar-refractivity contribution in [1.29, 1.82) is 0 Å². The number of carbonyl (C=O) groups excluding carboxylic acids is 1. The zero-order chi connectivity index (χ0) is 22.3. The molecule has 3 heterocycles. The standard InChI is InChI=1S/C24H19N3O4S/c1-31-18-6-7-21-20(13-18)17(14-26-21)12-22-24(28)19-4-2-3-5-23(19)32(29,30)27(22)15-16-8-10-25-11-9-16/h2-14,26H,15H2,1H3/b22-12-. The van der Waals surface area contributed by atoms with E-state index in [9.17, 15) is 13.2 Å². The third kappa shape index (κ3) is 3.25. The molecule has 4 aromatic rings. The summed E-state index contributed by atoms with van der Waals surface area (Å²) in [5.41, 5.74) is 2.52. The summed E-state index contributed by atoms with van der Waals surface area (Å²) in [5, 5.41) is 0.824. The number of methoxy groups -OCH3 is 1. The van der Waals surface area contributed by atoms with E-state index in [1.165, 1.54) is 10.4 Å². The van der Waals surface area contributed by atoms with Crippen LogP contribution >= 0.6 is 0 Å². The number of ketones is 1. The second-order valence-electron chi connectivity index (χ2n) is 7.38. The number of nitrogens with one attached hydrogen (secondary N) is 1. The van der Waals surface area contributed by atoms with E-state index >= 15 is 0 Å². The second-order valence-corrected chi connectivity index (χ2v) is 9.21. The van der Waals surface area contributed by atoms with Crippen molar-refractivity contribution in [3.8, 4) is 5.75 Å². The van der Waals surface area contributed by atoms with Gasteiger partial charge in [-0.15, -0.1) is 0 Å². The zero-order valence-corrected chi connectivity index (χ0v) is 18.0. The summed E-state index contributed by atoms with van der Waals surface area (Å²) >= 11 is 0. The molecule has 2 aromatic heterocycles. The van der Waals surface area contributed by atoms with E-state index in [0.717, 1.165) is 16.5 Å². The van der Waals surface area contributed by atoms with E-state index in [0.29, 0.717) is 11.3 Å². The van der Waals surface area contributed by atoms with E-state index in [-0.39, 0.29) is 28.5 Å². The number of pyridine rings is 1. The number of aromatic nitrogens is 2. The lowest BCUT2D eigenvalue weighted by Crippen LogP contribution is -2.38. The number of nitrogens with zero attached hydrogens (tertiary/aromatic N) is 2. The van der Waals surface area contributed by atoms with Gasteiger partial charge in [0.25, 0.3) is 10.0 Å². The van der Waals surface area contributed by atoms with Crippen molar-refractivity contribution in [3.05, 3.63) is 95.6 Å². The van der Waals surface area contributed by atoms with Crippen LogP contribution in [0, 0.1) is 0 Å². The molecule has 0 atom stereocenters. The molecule has 5 rings (SSSR count). The number of ether oxygens (including phenoxy) is 1. The number of carbonyl (C=O) groups is 1. The van der Waals surface area contributed by atoms with Crippen LogP contribution in [0.2, 0.25) is 0 Å². The highest BCUT2D eigenvalue weighted by molar-refractivity contribution is 7.89. The lowest BCUT2D eigenvalue weighted by Gasteiger charge is -2.31. The van der Waals surface area contributed by atoms with Gasteiger partial charge in [-0.2, -0.15) is 0 Å². The van der Waals surface area contributed by atoms with Crippen LogP contribution in [0.15, 0.2) is 83.8 Å². The van der Waals surface area contributed by atoms with Gasteiger partial charge >= 0.3 is 0 Å². The molecule has 32 heavy (non-hydrogen) atoms. The monoisotopic (exact) mass is 445 g/mol. The Morgan fingerprint density at radius 1 is 1.09 bits per heavy atom. The Hall–Kier alpha value is -3.91. The van der Waals surface area contributed by atoms with Crippen LogP contribution in [0.25, 0.3) is 17.0 Å². The molecule has 0 fully saturated rings. The van der Waals surface area contributed by atoms with Crippen molar-refractivity contribution in [1.82, 2.24) is 14.3 Å². The number of hydrogen-bond donors (Lipinski definition) is 1. The Labute approximate surface area is 185 Å². The van der Waals surface area contributed by atoms with Gasteiger partial charge in [0, 0.05) is 40.6 Å². The first-order valence-corrected chi connectivity index (χ1v) is 11.4. The van der Waals surface area contributed by atoms with Crippen molar-refractivity contribution in [2.75, 3.05) is 7.11 Å². The lowest BCUT2D eigenvalue weighted by molar-refractivity contribution is 0.100. The van der Waals surface area contributed by atoms with Crippen LogP contribution in [0.1, 0.15) is 21.5 Å². The van der Waals surface area contributed by atoms with E-state index in [1.54, 1.807) is 62.1 Å². The minimum Gasteiger partial charge on any atom is -0.497 e. The lowest BCUT2D eigenvalue weighted by atomic mass is 10.0. The van der Waals surface area contributed by atoms with Crippen LogP contribution in [-0.4, -0.2) is 35.6 Å². The average molecular weight is 446 g/mol. The Morgan fingerprint density at radius 3 is 2.66 bits per heavy atom. The van der Waals surface area contributed by atoms with Crippen LogP contribution in [-0.2, 0) is 16.6 Å². The molecule has 0 saturated carbocycles. The molecular formula is C24H19N3O4S. The highest BCUT2D eigenvalue weighted by Crippen LogP contribution is 2.35. The molecule has 8 heteroatoms. The molecule has 0 amide bonds. The maximum Gasteiger partial charge on any atom is 0.265 e. The Kier molecular flexibility index (Phi) is 4.79. The van der Waals surface area contributed by atoms with Crippen LogP contribution in [0.4, 0.5) is 0 Å². The van der Waals surface area contributed by atoms with E-state index in [4.69, 9.17) is 4.74 Å². The van der Waals surface area contributed by atoms with Crippen molar-refractivity contribution in [2.45, 2.75) is 11.4 Å². The number of sulfonamides is 1. The molecule has 0 bridgehead atoms. The average Bonchev–Trinajstić information content (AvgIpc) is 3.22. The molecule has 1 N–H and O–H groups in total. The summed E-state index contributed by atoms with van der Waals surface area (Å²) in [4.78, 5) is 20.6. The largest absolute Gasteiger partial charge is 0.497 e. The second kappa shape index (κ2) is 7.65. The summed E-state index contributed by atoms with van der Waals surface area (Å²) in [6.45, 7) is 0.0163. The SMILES string of the molecule is COc1ccc2[nH]cc(/C=C3/C(=O)c4ccccc4S(=O)(=O)N3Cc3ccncc3)c2c1. The van der Waals surface area contributed by atoms with Crippen LogP contribution in [0.3, 0.4) is 0 Å². The maximum atomic E-state index is 13.5. The van der Waals surface area contributed by atoms with Crippen molar-refractivity contribution >= 4 is 32.8 Å². The van der Waals surface area contributed by atoms with Gasteiger partial charge in [-0.25, -0.2) is 8.42 Å². The Balaban J connectivity index is 1.72. The van der Waals surface area contributed by atoms with Crippen molar-refractivity contribution in [3.63, 3.8) is 0 Å². The van der Waals surface area contributed by atoms with Gasteiger partial charge in [-0.1, -0.05) is 12.1 Å². The number of benzene rings is 2. The Bertz CT molecular complexity index is 1470. The molecule has 0 spiro atoms. The molecule has 0 unspecified atom stereocenters. The smallest absolute Gasteiger partial charge is 0.265 e. The van der Waals surface area contributed by atoms with Crippen molar-refractivity contribution in [2.24, 2.45) is 0 Å². The van der Waals surface area contributed by atoms with Gasteiger partial charge in [0.1, 0.15) is 11.4 Å². The number of Topliss-reactive ketones (excluding diaryl/α,β-unsaturated/α-hetero) is 1.